The third kappa shape index (κ3) is 1.36. The van der Waals surface area contributed by atoms with Gasteiger partial charge in [0.05, 0.1) is 19.8 Å². The Kier molecular flexibility index (Phi) is 2.37. The van der Waals surface area contributed by atoms with E-state index in [1.54, 1.807) is 6.07 Å². The van der Waals surface area contributed by atoms with Crippen molar-refractivity contribution in [2.24, 2.45) is 0 Å². The molecule has 0 unspecified atom stereocenters. The number of benzene rings is 1. The Balaban J connectivity index is 2.66. The molecule has 0 saturated carbocycles. The van der Waals surface area contributed by atoms with Crippen LogP contribution in [-0.2, 0) is 0 Å². The summed E-state index contributed by atoms with van der Waals surface area (Å²) < 4.78 is 20.6. The van der Waals surface area contributed by atoms with Gasteiger partial charge in [-0.15, -0.1) is 0 Å². The van der Waals surface area contributed by atoms with E-state index in [1.807, 2.05) is 0 Å². The van der Waals surface area contributed by atoms with Gasteiger partial charge in [0.1, 0.15) is 0 Å². The maximum atomic E-state index is 10.8. The molecule has 0 aliphatic carbocycles. The third-order valence-corrected chi connectivity index (χ3v) is 2.14. The first-order chi connectivity index (χ1) is 7.31. The molecule has 80 valence electrons. The Labute approximate surface area is 86.5 Å². The van der Waals surface area contributed by atoms with Crippen molar-refractivity contribution >= 4 is 6.29 Å². The summed E-state index contributed by atoms with van der Waals surface area (Å²) >= 11 is 0. The number of rotatable bonds is 3. The number of hydrogen-bond donors (Lipinski definition) is 0. The molecule has 1 aliphatic rings. The number of fused-ring (bicyclic) bond motifs is 1. The number of aldehydes is 1. The van der Waals surface area contributed by atoms with Crippen LogP contribution in [0.25, 0.3) is 0 Å². The molecule has 15 heavy (non-hydrogen) atoms. The van der Waals surface area contributed by atoms with Crippen molar-refractivity contribution in [3.8, 4) is 23.0 Å². The lowest BCUT2D eigenvalue weighted by molar-refractivity contribution is 0.111. The smallest absolute Gasteiger partial charge is 0.231 e. The van der Waals surface area contributed by atoms with E-state index in [1.165, 1.54) is 14.2 Å². The van der Waals surface area contributed by atoms with Crippen LogP contribution < -0.4 is 18.9 Å². The Morgan fingerprint density at radius 3 is 2.60 bits per heavy atom. The molecule has 0 atom stereocenters. The van der Waals surface area contributed by atoms with Gasteiger partial charge in [-0.1, -0.05) is 0 Å². The fourth-order valence-electron chi connectivity index (χ4n) is 1.50. The summed E-state index contributed by atoms with van der Waals surface area (Å²) in [5.41, 5.74) is 0.374. The molecule has 0 fully saturated rings. The SMILES string of the molecule is COc1c(C=O)cc2c(c1OC)OCO2. The van der Waals surface area contributed by atoms with Crippen molar-refractivity contribution < 1.29 is 23.7 Å². The molecular formula is C10H10O5. The topological polar surface area (TPSA) is 54.0 Å². The standard InChI is InChI=1S/C10H10O5/c1-12-8-6(4-11)3-7-9(10(8)13-2)15-5-14-7/h3-4H,5H2,1-2H3. The summed E-state index contributed by atoms with van der Waals surface area (Å²) in [6, 6.07) is 1.57. The molecule has 1 aromatic carbocycles. The molecular weight excluding hydrogens is 200 g/mol. The molecule has 0 saturated heterocycles. The average Bonchev–Trinajstić information content (AvgIpc) is 2.73. The molecule has 0 amide bonds. The number of carbonyl (C=O) groups excluding carboxylic acids is 1. The minimum atomic E-state index is 0.122. The van der Waals surface area contributed by atoms with Gasteiger partial charge in [0.25, 0.3) is 0 Å². The summed E-state index contributed by atoms with van der Waals surface area (Å²) in [5.74, 6) is 1.71. The van der Waals surface area contributed by atoms with Crippen molar-refractivity contribution in [3.63, 3.8) is 0 Å². The summed E-state index contributed by atoms with van der Waals surface area (Å²) in [7, 11) is 2.95. The average molecular weight is 210 g/mol. The van der Waals surface area contributed by atoms with Gasteiger partial charge < -0.3 is 18.9 Å². The van der Waals surface area contributed by atoms with E-state index in [2.05, 4.69) is 0 Å². The minimum absolute atomic E-state index is 0.122. The second-order valence-electron chi connectivity index (χ2n) is 2.88. The van der Waals surface area contributed by atoms with Crippen LogP contribution in [0, 0.1) is 0 Å². The molecule has 1 heterocycles. The Hall–Kier alpha value is -1.91. The van der Waals surface area contributed by atoms with Gasteiger partial charge in [-0.2, -0.15) is 0 Å². The van der Waals surface area contributed by atoms with Gasteiger partial charge in [-0.25, -0.2) is 0 Å². The lowest BCUT2D eigenvalue weighted by Crippen LogP contribution is -1.97. The van der Waals surface area contributed by atoms with E-state index in [0.717, 1.165) is 0 Å². The first-order valence-electron chi connectivity index (χ1n) is 4.31. The van der Waals surface area contributed by atoms with Crippen molar-refractivity contribution in [1.29, 1.82) is 0 Å². The second-order valence-corrected chi connectivity index (χ2v) is 2.88. The molecule has 0 radical (unpaired) electrons. The van der Waals surface area contributed by atoms with Crippen molar-refractivity contribution in [2.45, 2.75) is 0 Å². The molecule has 0 aromatic heterocycles. The van der Waals surface area contributed by atoms with E-state index in [4.69, 9.17) is 18.9 Å². The number of ether oxygens (including phenoxy) is 4. The Morgan fingerprint density at radius 2 is 2.00 bits per heavy atom. The van der Waals surface area contributed by atoms with Crippen LogP contribution in [0.15, 0.2) is 6.07 Å². The number of hydrogen-bond acceptors (Lipinski definition) is 5. The van der Waals surface area contributed by atoms with Gasteiger partial charge in [0, 0.05) is 0 Å². The highest BCUT2D eigenvalue weighted by Crippen LogP contribution is 2.48. The maximum absolute atomic E-state index is 10.8. The van der Waals surface area contributed by atoms with Crippen LogP contribution in [0.2, 0.25) is 0 Å². The van der Waals surface area contributed by atoms with Crippen LogP contribution in [0.5, 0.6) is 23.0 Å². The summed E-state index contributed by atoms with van der Waals surface area (Å²) in [4.78, 5) is 10.8. The zero-order valence-electron chi connectivity index (χ0n) is 8.40. The van der Waals surface area contributed by atoms with E-state index in [-0.39, 0.29) is 6.79 Å². The fourth-order valence-corrected chi connectivity index (χ4v) is 1.50. The highest BCUT2D eigenvalue weighted by molar-refractivity contribution is 5.84. The van der Waals surface area contributed by atoms with Crippen LogP contribution in [0.4, 0.5) is 0 Å². The Bertz CT molecular complexity index is 399. The Morgan fingerprint density at radius 1 is 1.27 bits per heavy atom. The summed E-state index contributed by atoms with van der Waals surface area (Å²) in [6.45, 7) is 0.122. The molecule has 5 nitrogen and oxygen atoms in total. The lowest BCUT2D eigenvalue weighted by atomic mass is 10.1. The molecule has 0 N–H and O–H groups in total. The first-order valence-corrected chi connectivity index (χ1v) is 4.31. The zero-order valence-corrected chi connectivity index (χ0v) is 8.40. The van der Waals surface area contributed by atoms with E-state index < -0.39 is 0 Å². The van der Waals surface area contributed by atoms with Gasteiger partial charge in [0.15, 0.2) is 17.8 Å². The minimum Gasteiger partial charge on any atom is -0.492 e. The molecule has 0 spiro atoms. The molecule has 5 heteroatoms. The molecule has 2 rings (SSSR count). The fraction of sp³-hybridized carbons (Fsp3) is 0.300. The lowest BCUT2D eigenvalue weighted by Gasteiger charge is -2.11. The normalized spacial score (nSPS) is 12.4. The van der Waals surface area contributed by atoms with Crippen LogP contribution >= 0.6 is 0 Å². The van der Waals surface area contributed by atoms with E-state index >= 15 is 0 Å². The third-order valence-electron chi connectivity index (χ3n) is 2.14. The largest absolute Gasteiger partial charge is 0.492 e. The second kappa shape index (κ2) is 3.68. The molecule has 1 aromatic rings. The van der Waals surface area contributed by atoms with Gasteiger partial charge in [-0.3, -0.25) is 4.79 Å². The van der Waals surface area contributed by atoms with Crippen molar-refractivity contribution in [3.05, 3.63) is 11.6 Å². The highest BCUT2D eigenvalue weighted by atomic mass is 16.7. The van der Waals surface area contributed by atoms with E-state index in [0.29, 0.717) is 34.8 Å². The highest BCUT2D eigenvalue weighted by Gasteiger charge is 2.25. The zero-order chi connectivity index (χ0) is 10.8. The van der Waals surface area contributed by atoms with Crippen LogP contribution in [0.3, 0.4) is 0 Å². The molecule has 1 aliphatic heterocycles. The van der Waals surface area contributed by atoms with Crippen molar-refractivity contribution in [1.82, 2.24) is 0 Å². The predicted octanol–water partition coefficient (Wildman–Crippen LogP) is 1.24. The van der Waals surface area contributed by atoms with Crippen molar-refractivity contribution in [2.75, 3.05) is 21.0 Å². The van der Waals surface area contributed by atoms with Gasteiger partial charge in [0.2, 0.25) is 18.3 Å². The van der Waals surface area contributed by atoms with Crippen LogP contribution in [-0.4, -0.2) is 27.3 Å². The van der Waals surface area contributed by atoms with Crippen LogP contribution in [0.1, 0.15) is 10.4 Å². The maximum Gasteiger partial charge on any atom is 0.231 e. The quantitative estimate of drug-likeness (QED) is 0.702. The number of methoxy groups -OCH3 is 2. The van der Waals surface area contributed by atoms with Gasteiger partial charge >= 0.3 is 0 Å². The summed E-state index contributed by atoms with van der Waals surface area (Å²) in [5, 5.41) is 0. The first kappa shape index (κ1) is 9.64. The van der Waals surface area contributed by atoms with Gasteiger partial charge in [-0.05, 0) is 6.07 Å². The predicted molar refractivity (Wildman–Crippen MR) is 51.1 cm³/mol. The summed E-state index contributed by atoms with van der Waals surface area (Å²) in [6.07, 6.45) is 0.684. The number of carbonyl (C=O) groups is 1. The molecule has 0 bridgehead atoms. The monoisotopic (exact) mass is 210 g/mol. The van der Waals surface area contributed by atoms with E-state index in [9.17, 15) is 4.79 Å².